The predicted molar refractivity (Wildman–Crippen MR) is 105 cm³/mol. The van der Waals surface area contributed by atoms with Crippen LogP contribution in [-0.2, 0) is 0 Å². The van der Waals surface area contributed by atoms with Crippen LogP contribution < -0.4 is 5.32 Å². The van der Waals surface area contributed by atoms with E-state index in [0.717, 1.165) is 36.4 Å². The zero-order chi connectivity index (χ0) is 18.1. The van der Waals surface area contributed by atoms with Crippen molar-refractivity contribution in [3.8, 4) is 0 Å². The Labute approximate surface area is 156 Å². The summed E-state index contributed by atoms with van der Waals surface area (Å²) in [5.41, 5.74) is 3.03. The maximum absolute atomic E-state index is 13.1. The Morgan fingerprint density at radius 3 is 2.38 bits per heavy atom. The van der Waals surface area contributed by atoms with Gasteiger partial charge in [0, 0.05) is 17.6 Å². The largest absolute Gasteiger partial charge is 0.343 e. The molecule has 1 amide bonds. The SMILES string of the molecule is Cc1ccccc1C(=O)NC(c1ccccc1)C12CCC(CC1)CN2C. The van der Waals surface area contributed by atoms with Crippen molar-refractivity contribution in [1.82, 2.24) is 10.2 Å². The van der Waals surface area contributed by atoms with Gasteiger partial charge < -0.3 is 5.32 Å². The molecule has 2 aromatic rings. The summed E-state index contributed by atoms with van der Waals surface area (Å²) in [4.78, 5) is 15.7. The van der Waals surface area contributed by atoms with Crippen LogP contribution in [0.4, 0.5) is 0 Å². The summed E-state index contributed by atoms with van der Waals surface area (Å²) in [5.74, 6) is 0.859. The van der Waals surface area contributed by atoms with Crippen molar-refractivity contribution in [2.24, 2.45) is 5.92 Å². The number of carbonyl (C=O) groups is 1. The molecule has 2 saturated heterocycles. The number of hydrogen-bond donors (Lipinski definition) is 1. The minimum atomic E-state index is 0.0158. The summed E-state index contributed by atoms with van der Waals surface area (Å²) in [6.45, 7) is 3.15. The summed E-state index contributed by atoms with van der Waals surface area (Å²) in [7, 11) is 2.24. The maximum atomic E-state index is 13.1. The van der Waals surface area contributed by atoms with Crippen LogP contribution in [0.15, 0.2) is 54.6 Å². The molecule has 3 nitrogen and oxygen atoms in total. The Kier molecular flexibility index (Phi) is 4.58. The fraction of sp³-hybridized carbons (Fsp3) is 0.435. The standard InChI is InChI=1S/C23H28N2O/c1-17-8-6-7-11-20(17)22(26)24-21(19-9-4-3-5-10-19)23-14-12-18(13-15-23)16-25(23)2/h3-11,18,21H,12-16H2,1-2H3,(H,24,26). The lowest BCUT2D eigenvalue weighted by Crippen LogP contribution is -2.62. The summed E-state index contributed by atoms with van der Waals surface area (Å²) in [6, 6.07) is 18.4. The van der Waals surface area contributed by atoms with Crippen molar-refractivity contribution in [3.63, 3.8) is 0 Å². The number of rotatable bonds is 4. The number of benzene rings is 2. The molecule has 0 radical (unpaired) electrons. The number of likely N-dealkylation sites (N-methyl/N-ethyl adjacent to an activating group) is 1. The summed E-state index contributed by atoms with van der Waals surface area (Å²) < 4.78 is 0. The Hall–Kier alpha value is -2.13. The molecule has 2 heterocycles. The predicted octanol–water partition coefficient (Wildman–Crippen LogP) is 4.34. The number of fused-ring (bicyclic) bond motifs is 3. The van der Waals surface area contributed by atoms with Gasteiger partial charge in [-0.15, -0.1) is 0 Å². The van der Waals surface area contributed by atoms with Crippen molar-refractivity contribution in [3.05, 3.63) is 71.3 Å². The number of aryl methyl sites for hydroxylation is 1. The van der Waals surface area contributed by atoms with Crippen LogP contribution in [0.3, 0.4) is 0 Å². The second kappa shape index (κ2) is 6.88. The van der Waals surface area contributed by atoms with Gasteiger partial charge in [0.15, 0.2) is 0 Å². The van der Waals surface area contributed by atoms with Crippen LogP contribution in [0, 0.1) is 12.8 Å². The van der Waals surface area contributed by atoms with Crippen LogP contribution in [0.1, 0.15) is 53.2 Å². The number of nitrogens with one attached hydrogen (secondary N) is 1. The molecule has 2 aliphatic heterocycles. The molecule has 26 heavy (non-hydrogen) atoms. The van der Waals surface area contributed by atoms with Crippen molar-refractivity contribution in [2.45, 2.75) is 44.2 Å². The molecule has 1 N–H and O–H groups in total. The normalized spacial score (nSPS) is 26.5. The molecule has 1 aliphatic carbocycles. The van der Waals surface area contributed by atoms with Crippen LogP contribution in [-0.4, -0.2) is 29.9 Å². The first kappa shape index (κ1) is 17.3. The maximum Gasteiger partial charge on any atom is 0.252 e. The molecule has 3 fully saturated rings. The van der Waals surface area contributed by atoms with E-state index in [2.05, 4.69) is 41.5 Å². The number of hydrogen-bond acceptors (Lipinski definition) is 2. The van der Waals surface area contributed by atoms with E-state index in [0.29, 0.717) is 0 Å². The van der Waals surface area contributed by atoms with Crippen molar-refractivity contribution in [1.29, 1.82) is 0 Å². The molecule has 5 rings (SSSR count). The van der Waals surface area contributed by atoms with Gasteiger partial charge in [0.25, 0.3) is 5.91 Å². The van der Waals surface area contributed by atoms with Gasteiger partial charge in [-0.05, 0) is 62.8 Å². The minimum absolute atomic E-state index is 0.0158. The molecule has 1 atom stereocenters. The molecule has 1 saturated carbocycles. The van der Waals surface area contributed by atoms with E-state index in [1.165, 1.54) is 18.4 Å². The van der Waals surface area contributed by atoms with Gasteiger partial charge in [-0.3, -0.25) is 9.69 Å². The second-order valence-corrected chi connectivity index (χ2v) is 8.06. The van der Waals surface area contributed by atoms with E-state index in [9.17, 15) is 4.79 Å². The highest BCUT2D eigenvalue weighted by atomic mass is 16.1. The van der Waals surface area contributed by atoms with Crippen molar-refractivity contribution in [2.75, 3.05) is 13.6 Å². The van der Waals surface area contributed by atoms with Gasteiger partial charge in [0.1, 0.15) is 0 Å². The van der Waals surface area contributed by atoms with Crippen LogP contribution in [0.5, 0.6) is 0 Å². The van der Waals surface area contributed by atoms with Gasteiger partial charge >= 0.3 is 0 Å². The zero-order valence-electron chi connectivity index (χ0n) is 15.7. The van der Waals surface area contributed by atoms with Crippen LogP contribution >= 0.6 is 0 Å². The first-order valence-electron chi connectivity index (χ1n) is 9.73. The Morgan fingerprint density at radius 2 is 1.73 bits per heavy atom. The van der Waals surface area contributed by atoms with Crippen LogP contribution in [0.25, 0.3) is 0 Å². The monoisotopic (exact) mass is 348 g/mol. The molecule has 2 aromatic carbocycles. The third-order valence-corrected chi connectivity index (χ3v) is 6.60. The fourth-order valence-corrected chi connectivity index (χ4v) is 5.03. The highest BCUT2D eigenvalue weighted by molar-refractivity contribution is 5.95. The third-order valence-electron chi connectivity index (χ3n) is 6.60. The lowest BCUT2D eigenvalue weighted by molar-refractivity contribution is -0.0404. The average molecular weight is 348 g/mol. The van der Waals surface area contributed by atoms with Gasteiger partial charge in [-0.2, -0.15) is 0 Å². The van der Waals surface area contributed by atoms with E-state index in [1.807, 2.05) is 37.3 Å². The molecule has 136 valence electrons. The number of piperidine rings is 2. The molecule has 0 spiro atoms. The fourth-order valence-electron chi connectivity index (χ4n) is 5.03. The lowest BCUT2D eigenvalue weighted by atomic mass is 9.65. The van der Waals surface area contributed by atoms with Crippen molar-refractivity contribution < 1.29 is 4.79 Å². The number of amides is 1. The smallest absolute Gasteiger partial charge is 0.252 e. The number of nitrogens with zero attached hydrogens (tertiary/aromatic N) is 1. The molecular formula is C23H28N2O. The van der Waals surface area contributed by atoms with E-state index < -0.39 is 0 Å². The molecule has 3 heteroatoms. The van der Waals surface area contributed by atoms with Crippen LogP contribution in [0.2, 0.25) is 0 Å². The molecule has 0 aromatic heterocycles. The summed E-state index contributed by atoms with van der Waals surface area (Å²) >= 11 is 0. The molecular weight excluding hydrogens is 320 g/mol. The van der Waals surface area contributed by atoms with E-state index >= 15 is 0 Å². The van der Waals surface area contributed by atoms with E-state index in [-0.39, 0.29) is 17.5 Å². The first-order valence-corrected chi connectivity index (χ1v) is 9.73. The van der Waals surface area contributed by atoms with Gasteiger partial charge in [0.05, 0.1) is 6.04 Å². The number of carbonyl (C=O) groups excluding carboxylic acids is 1. The first-order chi connectivity index (χ1) is 12.6. The zero-order valence-corrected chi connectivity index (χ0v) is 15.7. The van der Waals surface area contributed by atoms with Crippen molar-refractivity contribution >= 4 is 5.91 Å². The average Bonchev–Trinajstić information content (AvgIpc) is 2.68. The van der Waals surface area contributed by atoms with Gasteiger partial charge in [-0.25, -0.2) is 0 Å². The Bertz CT molecular complexity index is 778. The highest BCUT2D eigenvalue weighted by Gasteiger charge is 2.50. The molecule has 3 aliphatic rings. The van der Waals surface area contributed by atoms with Gasteiger partial charge in [-0.1, -0.05) is 48.5 Å². The Morgan fingerprint density at radius 1 is 1.08 bits per heavy atom. The second-order valence-electron chi connectivity index (χ2n) is 8.06. The minimum Gasteiger partial charge on any atom is -0.343 e. The van der Waals surface area contributed by atoms with Gasteiger partial charge in [0.2, 0.25) is 0 Å². The summed E-state index contributed by atoms with van der Waals surface area (Å²) in [6.07, 6.45) is 4.85. The molecule has 2 bridgehead atoms. The lowest BCUT2D eigenvalue weighted by Gasteiger charge is -2.57. The summed E-state index contributed by atoms with van der Waals surface area (Å²) in [5, 5.41) is 3.43. The van der Waals surface area contributed by atoms with E-state index in [4.69, 9.17) is 0 Å². The Balaban J connectivity index is 1.70. The topological polar surface area (TPSA) is 32.3 Å². The van der Waals surface area contributed by atoms with E-state index in [1.54, 1.807) is 0 Å². The quantitative estimate of drug-likeness (QED) is 0.891. The molecule has 1 unspecified atom stereocenters. The highest BCUT2D eigenvalue weighted by Crippen LogP contribution is 2.48. The third kappa shape index (κ3) is 2.95.